The largest absolute Gasteiger partial charge is 0.481 e. The summed E-state index contributed by atoms with van der Waals surface area (Å²) in [5.74, 6) is -1.85. The van der Waals surface area contributed by atoms with Crippen LogP contribution in [0.1, 0.15) is 15.9 Å². The molecule has 4 nitrogen and oxygen atoms in total. The van der Waals surface area contributed by atoms with Crippen molar-refractivity contribution in [3.8, 4) is 0 Å². The van der Waals surface area contributed by atoms with E-state index in [1.54, 1.807) is 24.3 Å². The van der Waals surface area contributed by atoms with Gasteiger partial charge in [-0.3, -0.25) is 4.79 Å². The van der Waals surface area contributed by atoms with Crippen molar-refractivity contribution < 1.29 is 19.8 Å². The number of halogens is 1. The van der Waals surface area contributed by atoms with Crippen LogP contribution in [0, 0.1) is 0 Å². The second kappa shape index (κ2) is 6.78. The number of carboxylic acid groups (broad SMARTS) is 2. The Labute approximate surface area is 133 Å². The predicted molar refractivity (Wildman–Crippen MR) is 83.0 cm³/mol. The van der Waals surface area contributed by atoms with Crippen LogP contribution in [0.25, 0.3) is 0 Å². The van der Waals surface area contributed by atoms with E-state index in [2.05, 4.69) is 15.9 Å². The molecule has 0 aliphatic rings. The SMILES string of the molecule is O=C(O)Cc1ccc(Sc2ccc(Br)c(C(=O)O)c2)cc1. The van der Waals surface area contributed by atoms with Gasteiger partial charge in [-0.25, -0.2) is 4.79 Å². The van der Waals surface area contributed by atoms with Crippen molar-refractivity contribution in [2.45, 2.75) is 16.2 Å². The average molecular weight is 367 g/mol. The first-order valence-corrected chi connectivity index (χ1v) is 7.58. The molecule has 0 heterocycles. The van der Waals surface area contributed by atoms with Crippen LogP contribution in [-0.4, -0.2) is 22.2 Å². The quantitative estimate of drug-likeness (QED) is 0.838. The van der Waals surface area contributed by atoms with Crippen LogP contribution in [0.15, 0.2) is 56.7 Å². The Morgan fingerprint density at radius 1 is 1.00 bits per heavy atom. The van der Waals surface area contributed by atoms with E-state index in [1.807, 2.05) is 18.2 Å². The summed E-state index contributed by atoms with van der Waals surface area (Å²) in [7, 11) is 0. The first kappa shape index (κ1) is 15.6. The van der Waals surface area contributed by atoms with Crippen molar-refractivity contribution in [1.82, 2.24) is 0 Å². The minimum atomic E-state index is -0.985. The Balaban J connectivity index is 2.16. The van der Waals surface area contributed by atoms with E-state index in [-0.39, 0.29) is 12.0 Å². The third-order valence-electron chi connectivity index (χ3n) is 2.68. The maximum atomic E-state index is 11.1. The van der Waals surface area contributed by atoms with Crippen molar-refractivity contribution >= 4 is 39.6 Å². The van der Waals surface area contributed by atoms with Crippen LogP contribution in [-0.2, 0) is 11.2 Å². The molecule has 0 atom stereocenters. The molecule has 6 heteroatoms. The fourth-order valence-corrected chi connectivity index (χ4v) is 2.99. The van der Waals surface area contributed by atoms with Gasteiger partial charge in [-0.2, -0.15) is 0 Å². The fraction of sp³-hybridized carbons (Fsp3) is 0.0667. The van der Waals surface area contributed by atoms with Gasteiger partial charge in [0, 0.05) is 14.3 Å². The van der Waals surface area contributed by atoms with Gasteiger partial charge in [0.15, 0.2) is 0 Å². The summed E-state index contributed by atoms with van der Waals surface area (Å²) in [5.41, 5.74) is 0.941. The summed E-state index contributed by atoms with van der Waals surface area (Å²) in [6.45, 7) is 0. The van der Waals surface area contributed by atoms with Crippen molar-refractivity contribution in [2.75, 3.05) is 0 Å². The highest BCUT2D eigenvalue weighted by atomic mass is 79.9. The molecular formula is C15H11BrO4S. The molecule has 2 rings (SSSR count). The lowest BCUT2D eigenvalue weighted by molar-refractivity contribution is -0.136. The van der Waals surface area contributed by atoms with E-state index < -0.39 is 11.9 Å². The van der Waals surface area contributed by atoms with Gasteiger partial charge in [-0.15, -0.1) is 0 Å². The van der Waals surface area contributed by atoms with Gasteiger partial charge in [-0.05, 0) is 51.8 Å². The lowest BCUT2D eigenvalue weighted by atomic mass is 10.2. The number of benzene rings is 2. The molecule has 0 aromatic heterocycles. The second-order valence-corrected chi connectivity index (χ2v) is 6.26. The molecular weight excluding hydrogens is 356 g/mol. The normalized spacial score (nSPS) is 10.3. The van der Waals surface area contributed by atoms with Crippen LogP contribution in [0.5, 0.6) is 0 Å². The Morgan fingerprint density at radius 3 is 2.19 bits per heavy atom. The zero-order valence-electron chi connectivity index (χ0n) is 10.7. The van der Waals surface area contributed by atoms with Gasteiger partial charge >= 0.3 is 11.9 Å². The van der Waals surface area contributed by atoms with E-state index in [1.165, 1.54) is 11.8 Å². The van der Waals surface area contributed by atoms with Crippen molar-refractivity contribution in [1.29, 1.82) is 0 Å². The number of rotatable bonds is 5. The van der Waals surface area contributed by atoms with E-state index >= 15 is 0 Å². The van der Waals surface area contributed by atoms with Crippen LogP contribution in [0.4, 0.5) is 0 Å². The number of aromatic carboxylic acids is 1. The smallest absolute Gasteiger partial charge is 0.336 e. The highest BCUT2D eigenvalue weighted by Crippen LogP contribution is 2.30. The Bertz CT molecular complexity index is 683. The molecule has 0 aliphatic heterocycles. The molecule has 2 aromatic carbocycles. The summed E-state index contributed by atoms with van der Waals surface area (Å²) in [6, 6.07) is 12.3. The van der Waals surface area contributed by atoms with Crippen LogP contribution in [0.3, 0.4) is 0 Å². The Morgan fingerprint density at radius 2 is 1.62 bits per heavy atom. The zero-order chi connectivity index (χ0) is 15.4. The Kier molecular flexibility index (Phi) is 5.03. The molecule has 0 radical (unpaired) electrons. The maximum Gasteiger partial charge on any atom is 0.336 e. The highest BCUT2D eigenvalue weighted by Gasteiger charge is 2.10. The topological polar surface area (TPSA) is 74.6 Å². The summed E-state index contributed by atoms with van der Waals surface area (Å²) in [5, 5.41) is 17.8. The third kappa shape index (κ3) is 4.34. The molecule has 0 spiro atoms. The van der Waals surface area contributed by atoms with E-state index in [0.29, 0.717) is 4.47 Å². The third-order valence-corrected chi connectivity index (χ3v) is 4.37. The first-order valence-electron chi connectivity index (χ1n) is 5.97. The van der Waals surface area contributed by atoms with Gasteiger partial charge in [0.2, 0.25) is 0 Å². The second-order valence-electron chi connectivity index (χ2n) is 4.26. The number of carbonyl (C=O) groups is 2. The molecule has 0 amide bonds. The number of hydrogen-bond acceptors (Lipinski definition) is 3. The molecule has 21 heavy (non-hydrogen) atoms. The molecule has 108 valence electrons. The standard InChI is InChI=1S/C15H11BrO4S/c16-13-6-5-11(8-12(13)15(19)20)21-10-3-1-9(2-4-10)7-14(17)18/h1-6,8H,7H2,(H,17,18)(H,19,20). The molecule has 0 saturated heterocycles. The van der Waals surface area contributed by atoms with Crippen LogP contribution in [0.2, 0.25) is 0 Å². The van der Waals surface area contributed by atoms with Crippen LogP contribution >= 0.6 is 27.7 Å². The molecule has 0 fully saturated rings. The van der Waals surface area contributed by atoms with E-state index in [9.17, 15) is 9.59 Å². The highest BCUT2D eigenvalue weighted by molar-refractivity contribution is 9.10. The summed E-state index contributed by atoms with van der Waals surface area (Å²) in [6.07, 6.45) is -0.00755. The van der Waals surface area contributed by atoms with Gasteiger partial charge in [-0.1, -0.05) is 23.9 Å². The van der Waals surface area contributed by atoms with Crippen LogP contribution < -0.4 is 0 Å². The van der Waals surface area contributed by atoms with Gasteiger partial charge in [0.05, 0.1) is 12.0 Å². The molecule has 0 aliphatic carbocycles. The average Bonchev–Trinajstić information content (AvgIpc) is 2.42. The number of hydrogen-bond donors (Lipinski definition) is 2. The molecule has 0 bridgehead atoms. The molecule has 2 N–H and O–H groups in total. The monoisotopic (exact) mass is 366 g/mol. The van der Waals surface area contributed by atoms with E-state index in [0.717, 1.165) is 15.4 Å². The van der Waals surface area contributed by atoms with E-state index in [4.69, 9.17) is 10.2 Å². The lowest BCUT2D eigenvalue weighted by Gasteiger charge is -2.05. The van der Waals surface area contributed by atoms with Crippen molar-refractivity contribution in [3.63, 3.8) is 0 Å². The van der Waals surface area contributed by atoms with Crippen molar-refractivity contribution in [2.24, 2.45) is 0 Å². The lowest BCUT2D eigenvalue weighted by Crippen LogP contribution is -1.99. The molecule has 0 saturated carbocycles. The summed E-state index contributed by atoms with van der Waals surface area (Å²) in [4.78, 5) is 23.4. The first-order chi connectivity index (χ1) is 9.95. The Hall–Kier alpha value is -1.79. The van der Waals surface area contributed by atoms with Gasteiger partial charge < -0.3 is 10.2 Å². The minimum absolute atomic E-state index is 0.00755. The minimum Gasteiger partial charge on any atom is -0.481 e. The predicted octanol–water partition coefficient (Wildman–Crippen LogP) is 3.93. The summed E-state index contributed by atoms with van der Waals surface area (Å²) >= 11 is 4.63. The molecule has 0 unspecified atom stereocenters. The van der Waals surface area contributed by atoms with Crippen molar-refractivity contribution in [3.05, 3.63) is 58.1 Å². The molecule has 2 aromatic rings. The maximum absolute atomic E-state index is 11.1. The fourth-order valence-electron chi connectivity index (χ4n) is 1.72. The van der Waals surface area contributed by atoms with Gasteiger partial charge in [0.1, 0.15) is 0 Å². The zero-order valence-corrected chi connectivity index (χ0v) is 13.1. The summed E-state index contributed by atoms with van der Waals surface area (Å²) < 4.78 is 0.538. The number of carboxylic acids is 2. The van der Waals surface area contributed by atoms with Gasteiger partial charge in [0.25, 0.3) is 0 Å². The number of aliphatic carboxylic acids is 1.